The van der Waals surface area contributed by atoms with Crippen molar-refractivity contribution in [1.82, 2.24) is 15.1 Å². The van der Waals surface area contributed by atoms with Crippen molar-refractivity contribution >= 4 is 33.3 Å². The Morgan fingerprint density at radius 3 is 2.14 bits per heavy atom. The molecule has 11 heteroatoms. The molecule has 0 aliphatic carbocycles. The molecule has 2 aliphatic rings. The van der Waals surface area contributed by atoms with Crippen LogP contribution in [0.25, 0.3) is 0 Å². The van der Waals surface area contributed by atoms with Crippen LogP contribution in [-0.2, 0) is 33.8 Å². The summed E-state index contributed by atoms with van der Waals surface area (Å²) in [6, 6.07) is 7.16. The molecule has 0 bridgehead atoms. The Balaban J connectivity index is 1.89. The summed E-state index contributed by atoms with van der Waals surface area (Å²) in [6.45, 7) is 4.08. The molecule has 0 aromatic heterocycles. The van der Waals surface area contributed by atoms with E-state index in [0.29, 0.717) is 45.0 Å². The van der Waals surface area contributed by atoms with Crippen LogP contribution in [0, 0.1) is 5.92 Å². The third-order valence-electron chi connectivity index (χ3n) is 6.70. The first-order valence-electron chi connectivity index (χ1n) is 12.4. The van der Waals surface area contributed by atoms with E-state index >= 15 is 0 Å². The summed E-state index contributed by atoms with van der Waals surface area (Å²) >= 11 is 0. The molecule has 0 spiro atoms. The minimum Gasteiger partial charge on any atom is -0.378 e. The number of benzene rings is 1. The summed E-state index contributed by atoms with van der Waals surface area (Å²) in [6.07, 6.45) is 2.47. The Bertz CT molecular complexity index is 1050. The van der Waals surface area contributed by atoms with Crippen molar-refractivity contribution in [2.24, 2.45) is 5.92 Å². The van der Waals surface area contributed by atoms with Crippen molar-refractivity contribution in [2.45, 2.75) is 43.9 Å². The van der Waals surface area contributed by atoms with Crippen LogP contribution in [0.5, 0.6) is 0 Å². The van der Waals surface area contributed by atoms with E-state index in [9.17, 15) is 27.6 Å². The van der Waals surface area contributed by atoms with Crippen molar-refractivity contribution in [2.75, 3.05) is 45.6 Å². The average molecular weight is 522 g/mol. The maximum atomic E-state index is 13.6. The zero-order valence-corrected chi connectivity index (χ0v) is 21.7. The van der Waals surface area contributed by atoms with Gasteiger partial charge in [-0.05, 0) is 24.8 Å². The van der Waals surface area contributed by atoms with E-state index in [1.165, 1.54) is 4.90 Å². The number of nitrogens with zero attached hydrogens (tertiary/aromatic N) is 2. The average Bonchev–Trinajstić information content (AvgIpc) is 3.41. The molecule has 3 rings (SSSR count). The number of nitrogens with one attached hydrogen (secondary N) is 1. The van der Waals surface area contributed by atoms with Gasteiger partial charge < -0.3 is 19.9 Å². The van der Waals surface area contributed by atoms with Crippen molar-refractivity contribution in [3.8, 4) is 0 Å². The molecule has 2 aliphatic heterocycles. The van der Waals surface area contributed by atoms with Gasteiger partial charge in [-0.15, -0.1) is 0 Å². The number of hydrogen-bond donors (Lipinski definition) is 1. The molecule has 2 unspecified atom stereocenters. The van der Waals surface area contributed by atoms with Gasteiger partial charge in [0.1, 0.15) is 0 Å². The van der Waals surface area contributed by atoms with Gasteiger partial charge in [-0.2, -0.15) is 0 Å². The zero-order valence-electron chi connectivity index (χ0n) is 20.9. The number of sulfone groups is 1. The fourth-order valence-corrected chi connectivity index (χ4v) is 6.21. The van der Waals surface area contributed by atoms with E-state index in [0.717, 1.165) is 19.1 Å². The molecule has 0 saturated carbocycles. The molecule has 1 aromatic rings. The summed E-state index contributed by atoms with van der Waals surface area (Å²) in [5, 5.41) is 1.31. The van der Waals surface area contributed by atoms with Crippen molar-refractivity contribution in [3.05, 3.63) is 35.9 Å². The second-order valence-corrected chi connectivity index (χ2v) is 11.5. The molecule has 2 heterocycles. The number of likely N-dealkylation sites (tertiary alicyclic amines) is 1. The number of ether oxygens (including phenoxy) is 1. The molecule has 2 saturated heterocycles. The second kappa shape index (κ2) is 12.4. The van der Waals surface area contributed by atoms with E-state index in [1.54, 1.807) is 42.2 Å². The quantitative estimate of drug-likeness (QED) is 0.449. The molecule has 36 heavy (non-hydrogen) atoms. The fraction of sp³-hybridized carbons (Fsp3) is 0.600. The molecule has 1 aromatic carbocycles. The number of amides is 3. The molecular formula is C25H35N3O7S. The van der Waals surface area contributed by atoms with Gasteiger partial charge in [-0.1, -0.05) is 37.3 Å². The van der Waals surface area contributed by atoms with Crippen molar-refractivity contribution in [1.29, 1.82) is 0 Å². The molecular weight excluding hydrogens is 486 g/mol. The molecule has 10 nitrogen and oxygen atoms in total. The van der Waals surface area contributed by atoms with Crippen LogP contribution in [-0.4, -0.2) is 93.4 Å². The van der Waals surface area contributed by atoms with Gasteiger partial charge in [-0.25, -0.2) is 8.42 Å². The van der Waals surface area contributed by atoms with Crippen LogP contribution in [0.3, 0.4) is 0 Å². The van der Waals surface area contributed by atoms with Crippen LogP contribution in [0.2, 0.25) is 0 Å². The fourth-order valence-electron chi connectivity index (χ4n) is 4.74. The van der Waals surface area contributed by atoms with Crippen LogP contribution >= 0.6 is 0 Å². The number of ketones is 1. The molecule has 1 N–H and O–H groups in total. The Hall–Kier alpha value is -2.79. The number of morpholine rings is 1. The standard InChI is InChI=1S/C25H35N3O7S/c1-3-20(22(30)25(32)28-11-7-8-12-28)26-24(31)19(17-21(29)27-13-15-35-16-14-27)23(36(2,33)34)18-9-5-4-6-10-18/h4-6,9-10,19-20,23H,3,7-8,11-17H2,1-2H3,(H,26,31)/t19?,20?,23-/m0/s1. The lowest BCUT2D eigenvalue weighted by Gasteiger charge is -2.31. The molecule has 3 atom stereocenters. The number of carbonyl (C=O) groups is 4. The van der Waals surface area contributed by atoms with Crippen LogP contribution < -0.4 is 5.32 Å². The molecule has 198 valence electrons. The van der Waals surface area contributed by atoms with Gasteiger partial charge in [-0.3, -0.25) is 19.2 Å². The SMILES string of the molecule is CCC(NC(=O)C(CC(=O)N1CCOCC1)[C@H](c1ccccc1)S(C)(=O)=O)C(=O)C(=O)N1CCCC1. The highest BCUT2D eigenvalue weighted by molar-refractivity contribution is 7.91. The predicted octanol–water partition coefficient (Wildman–Crippen LogP) is 0.724. The number of hydrogen-bond acceptors (Lipinski definition) is 7. The lowest BCUT2D eigenvalue weighted by atomic mass is 9.93. The van der Waals surface area contributed by atoms with Gasteiger partial charge in [0.05, 0.1) is 30.4 Å². The largest absolute Gasteiger partial charge is 0.378 e. The van der Waals surface area contributed by atoms with E-state index in [-0.39, 0.29) is 18.7 Å². The maximum Gasteiger partial charge on any atom is 0.292 e. The first-order valence-corrected chi connectivity index (χ1v) is 14.3. The second-order valence-electron chi connectivity index (χ2n) is 9.30. The molecule has 3 amide bonds. The Labute approximate surface area is 212 Å². The van der Waals surface area contributed by atoms with Crippen LogP contribution in [0.4, 0.5) is 0 Å². The lowest BCUT2D eigenvalue weighted by molar-refractivity contribution is -0.146. The first kappa shape index (κ1) is 27.8. The third kappa shape index (κ3) is 6.91. The predicted molar refractivity (Wildman–Crippen MR) is 133 cm³/mol. The third-order valence-corrected chi connectivity index (χ3v) is 8.22. The summed E-state index contributed by atoms with van der Waals surface area (Å²) in [7, 11) is -3.85. The van der Waals surface area contributed by atoms with Crippen LogP contribution in [0.15, 0.2) is 30.3 Å². The van der Waals surface area contributed by atoms with Crippen molar-refractivity contribution in [3.63, 3.8) is 0 Å². The van der Waals surface area contributed by atoms with Gasteiger partial charge in [0.15, 0.2) is 9.84 Å². The zero-order chi connectivity index (χ0) is 26.3. The number of Topliss-reactive ketones (excluding diaryl/α,β-unsaturated/α-hetero) is 1. The smallest absolute Gasteiger partial charge is 0.292 e. The summed E-state index contributed by atoms with van der Waals surface area (Å²) in [4.78, 5) is 55.3. The van der Waals surface area contributed by atoms with Crippen LogP contribution in [0.1, 0.15) is 43.4 Å². The van der Waals surface area contributed by atoms with E-state index < -0.39 is 44.6 Å². The topological polar surface area (TPSA) is 130 Å². The van der Waals surface area contributed by atoms with Crippen molar-refractivity contribution < 1.29 is 32.3 Å². The normalized spacial score (nSPS) is 18.8. The summed E-state index contributed by atoms with van der Waals surface area (Å²) in [5.41, 5.74) is 0.377. The molecule has 0 radical (unpaired) electrons. The number of rotatable bonds is 10. The van der Waals surface area contributed by atoms with Gasteiger partial charge >= 0.3 is 0 Å². The Morgan fingerprint density at radius 1 is 0.972 bits per heavy atom. The first-order chi connectivity index (χ1) is 17.1. The van der Waals surface area contributed by atoms with E-state index in [2.05, 4.69) is 5.32 Å². The summed E-state index contributed by atoms with van der Waals surface area (Å²) < 4.78 is 31.2. The Morgan fingerprint density at radius 2 is 1.58 bits per heavy atom. The minimum absolute atomic E-state index is 0.156. The lowest BCUT2D eigenvalue weighted by Crippen LogP contribution is -2.51. The highest BCUT2D eigenvalue weighted by Gasteiger charge is 2.41. The highest BCUT2D eigenvalue weighted by Crippen LogP contribution is 2.33. The minimum atomic E-state index is -3.85. The van der Waals surface area contributed by atoms with E-state index in [4.69, 9.17) is 4.74 Å². The maximum absolute atomic E-state index is 13.6. The Kier molecular flexibility index (Phi) is 9.61. The summed E-state index contributed by atoms with van der Waals surface area (Å²) in [5.74, 6) is -3.78. The van der Waals surface area contributed by atoms with Gasteiger partial charge in [0.25, 0.3) is 5.91 Å². The van der Waals surface area contributed by atoms with E-state index in [1.807, 2.05) is 0 Å². The van der Waals surface area contributed by atoms with Gasteiger partial charge in [0, 0.05) is 38.9 Å². The number of carbonyl (C=O) groups excluding carboxylic acids is 4. The molecule has 2 fully saturated rings. The monoisotopic (exact) mass is 521 g/mol. The van der Waals surface area contributed by atoms with Gasteiger partial charge in [0.2, 0.25) is 17.6 Å². The highest BCUT2D eigenvalue weighted by atomic mass is 32.2.